The highest BCUT2D eigenvalue weighted by atomic mass is 19.4. The van der Waals surface area contributed by atoms with Gasteiger partial charge in [-0.1, -0.05) is 18.2 Å². The first-order valence-corrected chi connectivity index (χ1v) is 11.0. The number of ether oxygens (including phenoxy) is 1. The predicted octanol–water partition coefficient (Wildman–Crippen LogP) is 3.61. The van der Waals surface area contributed by atoms with Gasteiger partial charge in [0, 0.05) is 43.6 Å². The van der Waals surface area contributed by atoms with Crippen LogP contribution in [0.15, 0.2) is 42.6 Å². The normalized spacial score (nSPS) is 16.2. The van der Waals surface area contributed by atoms with E-state index in [1.54, 1.807) is 17.2 Å². The van der Waals surface area contributed by atoms with Crippen LogP contribution in [0.25, 0.3) is 0 Å². The molecule has 0 aliphatic carbocycles. The van der Waals surface area contributed by atoms with Gasteiger partial charge in [0.15, 0.2) is 0 Å². The minimum absolute atomic E-state index is 0.149. The van der Waals surface area contributed by atoms with Crippen LogP contribution < -0.4 is 5.32 Å². The fraction of sp³-hybridized carbons (Fsp3) is 0.417. The number of nitrogens with zero attached hydrogens (tertiary/aromatic N) is 4. The lowest BCUT2D eigenvalue weighted by atomic mass is 10.0. The molecule has 1 aromatic heterocycles. The maximum absolute atomic E-state index is 13.0. The molecule has 1 aliphatic heterocycles. The van der Waals surface area contributed by atoms with Crippen LogP contribution in [0, 0.1) is 18.3 Å². The zero-order valence-corrected chi connectivity index (χ0v) is 19.4. The highest BCUT2D eigenvalue weighted by Crippen LogP contribution is 2.31. The van der Waals surface area contributed by atoms with Gasteiger partial charge in [0.05, 0.1) is 31.2 Å². The quantitative estimate of drug-likeness (QED) is 0.666. The van der Waals surface area contributed by atoms with Gasteiger partial charge in [-0.3, -0.25) is 14.7 Å². The van der Waals surface area contributed by atoms with E-state index in [2.05, 4.69) is 21.1 Å². The molecule has 8 nitrogen and oxygen atoms in total. The molecule has 186 valence electrons. The molecule has 3 rings (SSSR count). The molecule has 1 aromatic carbocycles. The lowest BCUT2D eigenvalue weighted by molar-refractivity contribution is -0.137. The van der Waals surface area contributed by atoms with Crippen LogP contribution in [0.4, 0.5) is 18.0 Å². The minimum Gasteiger partial charge on any atom is -0.453 e. The van der Waals surface area contributed by atoms with Gasteiger partial charge in [0.2, 0.25) is 5.91 Å². The average molecular weight is 489 g/mol. The molecular weight excluding hydrogens is 463 g/mol. The van der Waals surface area contributed by atoms with E-state index in [0.717, 1.165) is 30.5 Å². The highest BCUT2D eigenvalue weighted by molar-refractivity contribution is 5.78. The van der Waals surface area contributed by atoms with Crippen molar-refractivity contribution in [1.82, 2.24) is 20.1 Å². The molecule has 2 aromatic rings. The van der Waals surface area contributed by atoms with E-state index in [-0.39, 0.29) is 12.3 Å². The fourth-order valence-corrected chi connectivity index (χ4v) is 4.02. The molecule has 0 bridgehead atoms. The van der Waals surface area contributed by atoms with E-state index in [4.69, 9.17) is 0 Å². The number of rotatable bonds is 6. The summed E-state index contributed by atoms with van der Waals surface area (Å²) in [6.07, 6.45) is -3.77. The van der Waals surface area contributed by atoms with Crippen molar-refractivity contribution in [3.05, 3.63) is 65.0 Å². The lowest BCUT2D eigenvalue weighted by Crippen LogP contribution is -2.50. The molecule has 35 heavy (non-hydrogen) atoms. The number of nitrogens with one attached hydrogen (secondary N) is 1. The summed E-state index contributed by atoms with van der Waals surface area (Å²) in [5, 5.41) is 12.3. The summed E-state index contributed by atoms with van der Waals surface area (Å²) in [4.78, 5) is 32.7. The van der Waals surface area contributed by atoms with E-state index >= 15 is 0 Å². The Labute approximate surface area is 201 Å². The third kappa shape index (κ3) is 6.48. The number of hydrogen-bond donors (Lipinski definition) is 1. The van der Waals surface area contributed by atoms with Gasteiger partial charge in [-0.15, -0.1) is 0 Å². The standard InChI is InChI=1S/C24H26F3N5O3/c1-16-19(4-3-9-29-16)21(15-28)31-10-12-32(13-11-31)22(33)14-20(30-23(34)35-2)17-5-7-18(8-6-17)24(25,26)27/h3-9,20-21H,10-14H2,1-2H3,(H,30,34). The van der Waals surface area contributed by atoms with Gasteiger partial charge in [0.1, 0.15) is 6.04 Å². The zero-order chi connectivity index (χ0) is 25.6. The van der Waals surface area contributed by atoms with Gasteiger partial charge in [0.25, 0.3) is 0 Å². The number of aryl methyl sites for hydroxylation is 1. The molecule has 0 radical (unpaired) electrons. The molecular formula is C24H26F3N5O3. The first kappa shape index (κ1) is 26.0. The van der Waals surface area contributed by atoms with Gasteiger partial charge in [-0.25, -0.2) is 4.79 Å². The first-order valence-electron chi connectivity index (χ1n) is 11.0. The summed E-state index contributed by atoms with van der Waals surface area (Å²) in [6, 6.07) is 8.90. The lowest BCUT2D eigenvalue weighted by Gasteiger charge is -2.37. The minimum atomic E-state index is -4.49. The number of pyridine rings is 1. The van der Waals surface area contributed by atoms with Crippen LogP contribution in [0.5, 0.6) is 0 Å². The van der Waals surface area contributed by atoms with Gasteiger partial charge >= 0.3 is 12.3 Å². The van der Waals surface area contributed by atoms with Crippen LogP contribution in [0.2, 0.25) is 0 Å². The summed E-state index contributed by atoms with van der Waals surface area (Å²) >= 11 is 0. The van der Waals surface area contributed by atoms with Crippen molar-refractivity contribution in [3.63, 3.8) is 0 Å². The SMILES string of the molecule is COC(=O)NC(CC(=O)N1CCN(C(C#N)c2cccnc2C)CC1)c1ccc(C(F)(F)F)cc1. The Morgan fingerprint density at radius 2 is 1.83 bits per heavy atom. The molecule has 0 saturated carbocycles. The highest BCUT2D eigenvalue weighted by Gasteiger charge is 2.32. The number of alkyl carbamates (subject to hydrolysis) is 1. The molecule has 2 unspecified atom stereocenters. The third-order valence-corrected chi connectivity index (χ3v) is 5.99. The fourth-order valence-electron chi connectivity index (χ4n) is 4.02. The smallest absolute Gasteiger partial charge is 0.416 e. The van der Waals surface area contributed by atoms with Crippen LogP contribution in [0.1, 0.15) is 40.9 Å². The number of methoxy groups -OCH3 is 1. The molecule has 1 N–H and O–H groups in total. The van der Waals surface area contributed by atoms with E-state index in [0.29, 0.717) is 31.7 Å². The molecule has 2 atom stereocenters. The molecule has 11 heteroatoms. The monoisotopic (exact) mass is 489 g/mol. The number of alkyl halides is 3. The van der Waals surface area contributed by atoms with E-state index in [1.165, 1.54) is 12.1 Å². The second kappa shape index (κ2) is 11.2. The van der Waals surface area contributed by atoms with Crippen LogP contribution in [-0.4, -0.2) is 60.1 Å². The van der Waals surface area contributed by atoms with Crippen molar-refractivity contribution in [3.8, 4) is 6.07 Å². The summed E-state index contributed by atoms with van der Waals surface area (Å²) in [5.74, 6) is -0.267. The Hall–Kier alpha value is -3.65. The number of aromatic nitrogens is 1. The second-order valence-corrected chi connectivity index (χ2v) is 8.14. The average Bonchev–Trinajstić information content (AvgIpc) is 2.85. The molecule has 1 aliphatic rings. The first-order chi connectivity index (χ1) is 16.6. The van der Waals surface area contributed by atoms with E-state index in [9.17, 15) is 28.0 Å². The zero-order valence-electron chi connectivity index (χ0n) is 19.4. The van der Waals surface area contributed by atoms with Crippen molar-refractivity contribution in [2.75, 3.05) is 33.3 Å². The Morgan fingerprint density at radius 3 is 2.37 bits per heavy atom. The van der Waals surface area contributed by atoms with Crippen molar-refractivity contribution in [2.45, 2.75) is 31.6 Å². The maximum atomic E-state index is 13.0. The van der Waals surface area contributed by atoms with Crippen molar-refractivity contribution in [1.29, 1.82) is 5.26 Å². The Balaban J connectivity index is 1.67. The number of hydrogen-bond acceptors (Lipinski definition) is 6. The summed E-state index contributed by atoms with van der Waals surface area (Å²) in [5.41, 5.74) is 1.12. The number of halogens is 3. The van der Waals surface area contributed by atoms with E-state index in [1.807, 2.05) is 17.9 Å². The van der Waals surface area contributed by atoms with Crippen LogP contribution in [-0.2, 0) is 15.7 Å². The molecule has 2 heterocycles. The molecule has 2 amide bonds. The molecule has 1 fully saturated rings. The Bertz CT molecular complexity index is 1080. The van der Waals surface area contributed by atoms with E-state index < -0.39 is 29.9 Å². The molecule has 0 spiro atoms. The van der Waals surface area contributed by atoms with Crippen LogP contribution in [0.3, 0.4) is 0 Å². The van der Waals surface area contributed by atoms with Crippen molar-refractivity contribution in [2.24, 2.45) is 0 Å². The Morgan fingerprint density at radius 1 is 1.17 bits per heavy atom. The number of piperazine rings is 1. The topological polar surface area (TPSA) is 98.6 Å². The predicted molar refractivity (Wildman–Crippen MR) is 120 cm³/mol. The van der Waals surface area contributed by atoms with Gasteiger partial charge < -0.3 is 15.0 Å². The third-order valence-electron chi connectivity index (χ3n) is 5.99. The largest absolute Gasteiger partial charge is 0.453 e. The number of benzene rings is 1. The van der Waals surface area contributed by atoms with Crippen molar-refractivity contribution >= 4 is 12.0 Å². The number of nitriles is 1. The van der Waals surface area contributed by atoms with Crippen molar-refractivity contribution < 1.29 is 27.5 Å². The maximum Gasteiger partial charge on any atom is 0.416 e. The molecule has 1 saturated heterocycles. The summed E-state index contributed by atoms with van der Waals surface area (Å²) in [7, 11) is 1.16. The van der Waals surface area contributed by atoms with Gasteiger partial charge in [-0.05, 0) is 30.7 Å². The summed E-state index contributed by atoms with van der Waals surface area (Å²) < 4.78 is 43.3. The number of carbonyl (C=O) groups is 2. The number of carbonyl (C=O) groups excluding carboxylic acids is 2. The summed E-state index contributed by atoms with van der Waals surface area (Å²) in [6.45, 7) is 3.51. The Kier molecular flexibility index (Phi) is 8.30. The number of amides is 2. The second-order valence-electron chi connectivity index (χ2n) is 8.14. The van der Waals surface area contributed by atoms with Crippen LogP contribution >= 0.6 is 0 Å². The van der Waals surface area contributed by atoms with Gasteiger partial charge in [-0.2, -0.15) is 18.4 Å².